The Hall–Kier alpha value is -1.09. The van der Waals surface area contributed by atoms with Gasteiger partial charge in [0.2, 0.25) is 0 Å². The van der Waals surface area contributed by atoms with Crippen molar-refractivity contribution in [3.05, 3.63) is 45.0 Å². The minimum atomic E-state index is -4.61. The molecule has 30 heavy (non-hydrogen) atoms. The summed E-state index contributed by atoms with van der Waals surface area (Å²) in [6.45, 7) is -0.620. The van der Waals surface area contributed by atoms with E-state index in [0.29, 0.717) is 5.82 Å². The van der Waals surface area contributed by atoms with Crippen molar-refractivity contribution in [2.75, 3.05) is 33.5 Å². The van der Waals surface area contributed by atoms with Crippen LogP contribution in [0.15, 0.2) is 33.7 Å². The van der Waals surface area contributed by atoms with Crippen LogP contribution in [-0.4, -0.2) is 63.9 Å². The lowest BCUT2D eigenvalue weighted by molar-refractivity contribution is -0.0974. The predicted molar refractivity (Wildman–Crippen MR) is 105 cm³/mol. The molecule has 0 saturated heterocycles. The summed E-state index contributed by atoms with van der Waals surface area (Å²) in [7, 11) is -7.73. The fraction of sp³-hybridized carbons (Fsp3) is 0.538. The van der Waals surface area contributed by atoms with E-state index in [-0.39, 0.29) is 19.8 Å². The van der Waals surface area contributed by atoms with Crippen LogP contribution >= 0.6 is 28.3 Å². The molecule has 1 aromatic rings. The summed E-state index contributed by atoms with van der Waals surface area (Å²) in [6, 6.07) is 1.04. The molecule has 1 rings (SSSR count). The molecular weight excluding hydrogens is 470 g/mol. The smallest absolute Gasteiger partial charge is 0.382 e. The molecule has 0 saturated carbocycles. The summed E-state index contributed by atoms with van der Waals surface area (Å²) < 4.78 is 47.8. The van der Waals surface area contributed by atoms with Gasteiger partial charge in [-0.3, -0.25) is 23.4 Å². The Balaban J connectivity index is 3.12. The van der Waals surface area contributed by atoms with Gasteiger partial charge in [0.15, 0.2) is 6.23 Å². The zero-order valence-electron chi connectivity index (χ0n) is 15.6. The second kappa shape index (κ2) is 12.7. The minimum absolute atomic E-state index is 0.118. The van der Waals surface area contributed by atoms with E-state index >= 15 is 0 Å². The third-order valence-corrected chi connectivity index (χ3v) is 5.05. The molecule has 0 spiro atoms. The molecule has 172 valence electrons. The highest BCUT2D eigenvalue weighted by atomic mass is 32.1. The van der Waals surface area contributed by atoms with Gasteiger partial charge in [-0.2, -0.15) is 0 Å². The zero-order chi connectivity index (χ0) is 22.8. The van der Waals surface area contributed by atoms with Gasteiger partial charge in [0, 0.05) is 25.2 Å². The van der Waals surface area contributed by atoms with E-state index in [4.69, 9.17) is 24.0 Å². The predicted octanol–water partition coefficient (Wildman–Crippen LogP) is -0.247. The van der Waals surface area contributed by atoms with Crippen LogP contribution in [0.3, 0.4) is 0 Å². The summed E-state index contributed by atoms with van der Waals surface area (Å²) in [5.74, 6) is 0.489. The fourth-order valence-corrected chi connectivity index (χ4v) is 2.85. The van der Waals surface area contributed by atoms with Gasteiger partial charge >= 0.3 is 21.1 Å². The molecule has 0 bridgehead atoms. The van der Waals surface area contributed by atoms with E-state index < -0.39 is 45.6 Å². The van der Waals surface area contributed by atoms with Gasteiger partial charge in [-0.15, -0.1) is 0 Å². The van der Waals surface area contributed by atoms with Crippen molar-refractivity contribution < 1.29 is 46.5 Å². The molecule has 4 N–H and O–H groups in total. The molecule has 0 radical (unpaired) electrons. The van der Waals surface area contributed by atoms with Crippen LogP contribution in [0.5, 0.6) is 0 Å². The first kappa shape index (κ1) is 26.9. The monoisotopic (exact) mass is 492 g/mol. The molecule has 0 fully saturated rings. The average Bonchev–Trinajstić information content (AvgIpc) is 2.65. The number of nitrogens with zero attached hydrogens (tertiary/aromatic N) is 1. The van der Waals surface area contributed by atoms with Crippen molar-refractivity contribution in [1.29, 1.82) is 0 Å². The summed E-state index contributed by atoms with van der Waals surface area (Å²) in [4.78, 5) is 52.7. The molecule has 1 heterocycles. The molecule has 14 nitrogen and oxygen atoms in total. The number of phosphoric acid groups is 1. The Kier molecular flexibility index (Phi) is 11.4. The maximum absolute atomic E-state index is 12.1. The number of H-pyrrole nitrogens is 1. The topological polar surface area (TPSA) is 196 Å². The SMILES string of the molecule is COCCOC[C@@H](O[C@H](/C=C/P(=O)(O)O)COP(=O)(O)OS)n1ccc(=O)[nH]c1=O. The molecule has 0 aliphatic heterocycles. The maximum atomic E-state index is 12.1. The number of aromatic nitrogens is 2. The lowest BCUT2D eigenvalue weighted by Gasteiger charge is -2.24. The molecular formula is C13H22N2O12P2S. The number of thiol groups is 1. The highest BCUT2D eigenvalue weighted by molar-refractivity contribution is 7.80. The number of nitrogens with one attached hydrogen (secondary N) is 1. The largest absolute Gasteiger partial charge is 0.483 e. The van der Waals surface area contributed by atoms with Crippen molar-refractivity contribution in [2.24, 2.45) is 0 Å². The van der Waals surface area contributed by atoms with Crippen molar-refractivity contribution >= 4 is 28.3 Å². The van der Waals surface area contributed by atoms with Crippen LogP contribution < -0.4 is 11.2 Å². The number of ether oxygens (including phenoxy) is 3. The van der Waals surface area contributed by atoms with Gasteiger partial charge in [-0.05, 0) is 19.0 Å². The lowest BCUT2D eigenvalue weighted by Crippen LogP contribution is -2.36. The first-order chi connectivity index (χ1) is 14.0. The number of phosphoric ester groups is 1. The third-order valence-electron chi connectivity index (χ3n) is 3.19. The number of hydrogen-bond acceptors (Lipinski definition) is 10. The Morgan fingerprint density at radius 3 is 2.50 bits per heavy atom. The van der Waals surface area contributed by atoms with Crippen LogP contribution in [0.1, 0.15) is 6.23 Å². The molecule has 17 heteroatoms. The molecule has 1 unspecified atom stereocenters. The summed E-state index contributed by atoms with van der Waals surface area (Å²) in [5.41, 5.74) is -1.52. The van der Waals surface area contributed by atoms with E-state index in [1.807, 2.05) is 4.98 Å². The van der Waals surface area contributed by atoms with Gasteiger partial charge in [-0.25, -0.2) is 13.3 Å². The van der Waals surface area contributed by atoms with Crippen molar-refractivity contribution in [1.82, 2.24) is 9.55 Å². The highest BCUT2D eigenvalue weighted by Gasteiger charge is 2.25. The zero-order valence-corrected chi connectivity index (χ0v) is 18.3. The number of rotatable bonds is 14. The van der Waals surface area contributed by atoms with E-state index in [1.54, 1.807) is 0 Å². The molecule has 0 amide bonds. The highest BCUT2D eigenvalue weighted by Crippen LogP contribution is 2.44. The molecule has 0 aromatic carbocycles. The van der Waals surface area contributed by atoms with Crippen LogP contribution in [0.2, 0.25) is 0 Å². The second-order valence-corrected chi connectivity index (χ2v) is 8.82. The van der Waals surface area contributed by atoms with Gasteiger partial charge in [-0.1, -0.05) is 0 Å². The first-order valence-electron chi connectivity index (χ1n) is 8.06. The Labute approximate surface area is 175 Å². The molecule has 0 aliphatic carbocycles. The summed E-state index contributed by atoms with van der Waals surface area (Å²) in [6.07, 6.45) is -0.588. The Bertz CT molecular complexity index is 897. The van der Waals surface area contributed by atoms with Crippen LogP contribution in [0.25, 0.3) is 0 Å². The summed E-state index contributed by atoms with van der Waals surface area (Å²) in [5, 5.41) is 0. The van der Waals surface area contributed by atoms with Crippen molar-refractivity contribution in [3.8, 4) is 0 Å². The third kappa shape index (κ3) is 10.8. The van der Waals surface area contributed by atoms with E-state index in [2.05, 4.69) is 21.4 Å². The average molecular weight is 492 g/mol. The maximum Gasteiger partial charge on any atom is 0.483 e. The van der Waals surface area contributed by atoms with Crippen molar-refractivity contribution in [2.45, 2.75) is 12.3 Å². The van der Waals surface area contributed by atoms with E-state index in [1.165, 1.54) is 7.11 Å². The lowest BCUT2D eigenvalue weighted by atomic mass is 10.3. The molecule has 3 atom stereocenters. The number of hydrogen-bond donors (Lipinski definition) is 5. The minimum Gasteiger partial charge on any atom is -0.382 e. The van der Waals surface area contributed by atoms with Crippen LogP contribution in [0, 0.1) is 0 Å². The number of aromatic amines is 1. The Morgan fingerprint density at radius 1 is 1.23 bits per heavy atom. The summed E-state index contributed by atoms with van der Waals surface area (Å²) >= 11 is 3.19. The normalized spacial score (nSPS) is 16.4. The number of methoxy groups -OCH3 is 1. The van der Waals surface area contributed by atoms with Crippen LogP contribution in [0.4, 0.5) is 0 Å². The second-order valence-electron chi connectivity index (χ2n) is 5.49. The van der Waals surface area contributed by atoms with Crippen molar-refractivity contribution in [3.63, 3.8) is 0 Å². The first-order valence-corrected chi connectivity index (χ1v) is 11.6. The van der Waals surface area contributed by atoms with Gasteiger partial charge < -0.3 is 28.9 Å². The molecule has 0 aliphatic rings. The van der Waals surface area contributed by atoms with Gasteiger partial charge in [0.1, 0.15) is 6.10 Å². The fourth-order valence-electron chi connectivity index (χ4n) is 1.91. The van der Waals surface area contributed by atoms with E-state index in [9.17, 15) is 23.6 Å². The van der Waals surface area contributed by atoms with Gasteiger partial charge in [0.25, 0.3) is 5.56 Å². The van der Waals surface area contributed by atoms with Crippen LogP contribution in [-0.2, 0) is 31.8 Å². The Morgan fingerprint density at radius 2 is 1.93 bits per heavy atom. The van der Waals surface area contributed by atoms with Gasteiger partial charge in [0.05, 0.1) is 26.4 Å². The standard InChI is InChI=1S/C13H22N2O12P2S/c1-23-5-6-24-9-12(15-4-2-11(16)14-13(15)17)26-10(3-7-28(18,19)20)8-25-29(21,22)27-30/h2-4,7,10,12,30H,5-6,8-9H2,1H3,(H,21,22)(H,14,16,17)(H2,18,19,20)/b7-3+/t10-,12-/m1/s1. The quantitative estimate of drug-likeness (QED) is 0.0990. The van der Waals surface area contributed by atoms with E-state index in [0.717, 1.165) is 22.9 Å². The molecule has 1 aromatic heterocycles.